The van der Waals surface area contributed by atoms with Crippen LogP contribution in [0.15, 0.2) is 0 Å². The van der Waals surface area contributed by atoms with E-state index in [1.807, 2.05) is 16.7 Å². The lowest BCUT2D eigenvalue weighted by Crippen LogP contribution is -2.50. The second kappa shape index (κ2) is 8.48. The zero-order valence-corrected chi connectivity index (χ0v) is 16.7. The monoisotopic (exact) mass is 379 g/mol. The molecule has 3 aliphatic heterocycles. The third kappa shape index (κ3) is 4.38. The first-order valence-electron chi connectivity index (χ1n) is 10.5. The predicted octanol–water partition coefficient (Wildman–Crippen LogP) is 2.25. The summed E-state index contributed by atoms with van der Waals surface area (Å²) in [4.78, 5) is 42.3. The van der Waals surface area contributed by atoms with Crippen LogP contribution in [-0.4, -0.2) is 77.5 Å². The number of likely N-dealkylation sites (tertiary alicyclic amines) is 2. The van der Waals surface area contributed by atoms with E-state index >= 15 is 0 Å². The highest BCUT2D eigenvalue weighted by Crippen LogP contribution is 2.34. The lowest BCUT2D eigenvalue weighted by Gasteiger charge is -2.38. The molecular weight excluding hydrogens is 346 g/mol. The Kier molecular flexibility index (Phi) is 6.27. The first-order chi connectivity index (χ1) is 13.0. The molecule has 1 spiro atoms. The van der Waals surface area contributed by atoms with Gasteiger partial charge in [0.25, 0.3) is 0 Å². The number of amides is 3. The number of piperidine rings is 1. The van der Waals surface area contributed by atoms with E-state index in [4.69, 9.17) is 4.74 Å². The largest absolute Gasteiger partial charge is 0.441 e. The fourth-order valence-corrected chi connectivity index (χ4v) is 4.49. The van der Waals surface area contributed by atoms with E-state index in [1.165, 1.54) is 12.8 Å². The molecule has 152 valence electrons. The van der Waals surface area contributed by atoms with Crippen LogP contribution >= 0.6 is 0 Å². The maximum atomic E-state index is 12.8. The molecule has 0 aromatic rings. The summed E-state index contributed by atoms with van der Waals surface area (Å²) < 4.78 is 5.75. The van der Waals surface area contributed by atoms with Gasteiger partial charge >= 0.3 is 6.09 Å². The van der Waals surface area contributed by atoms with Crippen LogP contribution in [0.3, 0.4) is 0 Å². The molecule has 1 atom stereocenters. The Morgan fingerprint density at radius 2 is 1.85 bits per heavy atom. The second-order valence-electron chi connectivity index (χ2n) is 8.19. The second-order valence-corrected chi connectivity index (χ2v) is 8.19. The van der Waals surface area contributed by atoms with Crippen molar-refractivity contribution in [2.45, 2.75) is 64.4 Å². The highest BCUT2D eigenvalue weighted by molar-refractivity contribution is 5.89. The van der Waals surface area contributed by atoms with Gasteiger partial charge in [-0.2, -0.15) is 0 Å². The molecule has 7 nitrogen and oxygen atoms in total. The molecule has 0 bridgehead atoms. The van der Waals surface area contributed by atoms with Crippen molar-refractivity contribution in [3.63, 3.8) is 0 Å². The summed E-state index contributed by atoms with van der Waals surface area (Å²) in [6.45, 7) is 7.93. The average molecular weight is 380 g/mol. The fraction of sp³-hybridized carbons (Fsp3) is 0.850. The topological polar surface area (TPSA) is 70.2 Å². The minimum atomic E-state index is -0.431. The molecule has 0 aliphatic carbocycles. The van der Waals surface area contributed by atoms with E-state index in [0.29, 0.717) is 52.0 Å². The molecule has 27 heavy (non-hydrogen) atoms. The van der Waals surface area contributed by atoms with Gasteiger partial charge in [0, 0.05) is 52.0 Å². The predicted molar refractivity (Wildman–Crippen MR) is 101 cm³/mol. The maximum Gasteiger partial charge on any atom is 0.410 e. The van der Waals surface area contributed by atoms with Crippen LogP contribution in [0.25, 0.3) is 0 Å². The zero-order chi connectivity index (χ0) is 19.4. The highest BCUT2D eigenvalue weighted by atomic mass is 16.6. The van der Waals surface area contributed by atoms with Crippen molar-refractivity contribution in [2.24, 2.45) is 5.92 Å². The van der Waals surface area contributed by atoms with Crippen molar-refractivity contribution in [3.8, 4) is 0 Å². The smallest absolute Gasteiger partial charge is 0.410 e. The molecule has 3 rings (SSSR count). The van der Waals surface area contributed by atoms with Gasteiger partial charge in [0.05, 0.1) is 12.5 Å². The summed E-state index contributed by atoms with van der Waals surface area (Å²) in [5.41, 5.74) is -0.431. The summed E-state index contributed by atoms with van der Waals surface area (Å²) >= 11 is 0. The van der Waals surface area contributed by atoms with E-state index in [2.05, 4.69) is 6.92 Å². The van der Waals surface area contributed by atoms with Crippen molar-refractivity contribution >= 4 is 17.9 Å². The minimum absolute atomic E-state index is 0.0766. The Bertz CT molecular complexity index is 572. The number of carbonyl (C=O) groups is 3. The third-order valence-corrected chi connectivity index (χ3v) is 6.25. The van der Waals surface area contributed by atoms with E-state index in [9.17, 15) is 14.4 Å². The Morgan fingerprint density at radius 1 is 1.11 bits per heavy atom. The van der Waals surface area contributed by atoms with Crippen molar-refractivity contribution in [3.05, 3.63) is 0 Å². The quantitative estimate of drug-likeness (QED) is 0.636. The molecule has 0 aromatic carbocycles. The molecule has 0 radical (unpaired) electrons. The number of rotatable bonds is 7. The van der Waals surface area contributed by atoms with Crippen LogP contribution in [-0.2, 0) is 14.3 Å². The summed E-state index contributed by atoms with van der Waals surface area (Å²) in [5.74, 6) is -0.0599. The van der Waals surface area contributed by atoms with Gasteiger partial charge in [-0.05, 0) is 13.3 Å². The fourth-order valence-electron chi connectivity index (χ4n) is 4.49. The molecule has 3 heterocycles. The van der Waals surface area contributed by atoms with Gasteiger partial charge in [-0.3, -0.25) is 9.59 Å². The maximum absolute atomic E-state index is 12.8. The van der Waals surface area contributed by atoms with E-state index < -0.39 is 5.60 Å². The number of unbranched alkanes of at least 4 members (excludes halogenated alkanes) is 3. The Hall–Kier alpha value is -1.79. The highest BCUT2D eigenvalue weighted by Gasteiger charge is 2.48. The lowest BCUT2D eigenvalue weighted by molar-refractivity contribution is -0.139. The van der Waals surface area contributed by atoms with Gasteiger partial charge in [-0.25, -0.2) is 4.79 Å². The van der Waals surface area contributed by atoms with Gasteiger partial charge < -0.3 is 19.4 Å². The lowest BCUT2D eigenvalue weighted by atomic mass is 9.90. The van der Waals surface area contributed by atoms with Gasteiger partial charge in [0.2, 0.25) is 11.8 Å². The Labute approximate surface area is 162 Å². The van der Waals surface area contributed by atoms with Crippen molar-refractivity contribution < 1.29 is 19.1 Å². The van der Waals surface area contributed by atoms with E-state index in [-0.39, 0.29) is 23.8 Å². The van der Waals surface area contributed by atoms with Crippen LogP contribution in [0.4, 0.5) is 4.79 Å². The van der Waals surface area contributed by atoms with Gasteiger partial charge in [0.1, 0.15) is 5.60 Å². The van der Waals surface area contributed by atoms with Gasteiger partial charge in [-0.15, -0.1) is 0 Å². The third-order valence-electron chi connectivity index (χ3n) is 6.25. The van der Waals surface area contributed by atoms with Crippen LogP contribution in [0.2, 0.25) is 0 Å². The number of ether oxygens (including phenoxy) is 1. The number of nitrogens with zero attached hydrogens (tertiary/aromatic N) is 3. The molecule has 3 fully saturated rings. The summed E-state index contributed by atoms with van der Waals surface area (Å²) in [7, 11) is 0. The molecule has 0 N–H and O–H groups in total. The van der Waals surface area contributed by atoms with Gasteiger partial charge in [-0.1, -0.05) is 26.2 Å². The van der Waals surface area contributed by atoms with Crippen molar-refractivity contribution in [1.82, 2.24) is 14.7 Å². The number of hydrogen-bond donors (Lipinski definition) is 0. The SMILES string of the molecule is CCCCCCN1CC2(CCN(C(=O)C3CC(=O)N(CC)C3)CC2)OC1=O. The van der Waals surface area contributed by atoms with E-state index in [0.717, 1.165) is 19.4 Å². The number of hydrogen-bond acceptors (Lipinski definition) is 4. The summed E-state index contributed by atoms with van der Waals surface area (Å²) in [6, 6.07) is 0. The molecule has 0 aromatic heterocycles. The van der Waals surface area contributed by atoms with Crippen molar-refractivity contribution in [2.75, 3.05) is 39.3 Å². The van der Waals surface area contributed by atoms with Crippen LogP contribution in [0, 0.1) is 5.92 Å². The van der Waals surface area contributed by atoms with Crippen LogP contribution in [0.1, 0.15) is 58.8 Å². The molecule has 3 saturated heterocycles. The molecular formula is C20H33N3O4. The molecule has 7 heteroatoms. The molecule has 0 saturated carbocycles. The molecule has 1 unspecified atom stereocenters. The first-order valence-corrected chi connectivity index (χ1v) is 10.5. The van der Waals surface area contributed by atoms with E-state index in [1.54, 1.807) is 4.90 Å². The summed E-state index contributed by atoms with van der Waals surface area (Å²) in [6.07, 6.45) is 6.05. The standard InChI is InChI=1S/C20H33N3O4/c1-3-5-6-7-10-23-15-20(27-19(23)26)8-11-22(12-9-20)18(25)16-13-17(24)21(4-2)14-16/h16H,3-15H2,1-2H3. The zero-order valence-electron chi connectivity index (χ0n) is 16.7. The number of carbonyl (C=O) groups excluding carboxylic acids is 3. The average Bonchev–Trinajstić information content (AvgIpc) is 3.18. The Morgan fingerprint density at radius 3 is 2.48 bits per heavy atom. The Balaban J connectivity index is 1.48. The van der Waals surface area contributed by atoms with Crippen LogP contribution in [0.5, 0.6) is 0 Å². The molecule has 3 aliphatic rings. The minimum Gasteiger partial charge on any atom is -0.441 e. The first kappa shape index (κ1) is 20.0. The van der Waals surface area contributed by atoms with Crippen molar-refractivity contribution in [1.29, 1.82) is 0 Å². The normalized spacial score (nSPS) is 24.8. The molecule has 3 amide bonds. The van der Waals surface area contributed by atoms with Gasteiger partial charge in [0.15, 0.2) is 0 Å². The summed E-state index contributed by atoms with van der Waals surface area (Å²) in [5, 5.41) is 0. The van der Waals surface area contributed by atoms with Crippen LogP contribution < -0.4 is 0 Å².